The zero-order valence-electron chi connectivity index (χ0n) is 14.4. The molecule has 0 aliphatic heterocycles. The summed E-state index contributed by atoms with van der Waals surface area (Å²) < 4.78 is 0. The Hall–Kier alpha value is -1.32. The highest BCUT2D eigenvalue weighted by Gasteiger charge is 2.32. The van der Waals surface area contributed by atoms with E-state index >= 15 is 0 Å². The zero-order valence-corrected chi connectivity index (χ0v) is 14.4. The molecule has 2 rings (SSSR count). The number of hydrogen-bond acceptors (Lipinski definition) is 4. The number of rotatable bonds is 4. The predicted molar refractivity (Wildman–Crippen MR) is 90.1 cm³/mol. The molecule has 0 aromatic carbocycles. The topological polar surface area (TPSA) is 49.8 Å². The fourth-order valence-electron chi connectivity index (χ4n) is 3.10. The van der Waals surface area contributed by atoms with E-state index in [2.05, 4.69) is 50.2 Å². The molecule has 21 heavy (non-hydrogen) atoms. The number of nitrogens with one attached hydrogen (secondary N) is 2. The first-order valence-electron chi connectivity index (χ1n) is 8.18. The van der Waals surface area contributed by atoms with E-state index in [1.165, 1.54) is 25.7 Å². The maximum atomic E-state index is 4.78. The smallest absolute Gasteiger partial charge is 0.135 e. The molecule has 4 heteroatoms. The van der Waals surface area contributed by atoms with Gasteiger partial charge < -0.3 is 10.6 Å². The fourth-order valence-corrected chi connectivity index (χ4v) is 3.10. The summed E-state index contributed by atoms with van der Waals surface area (Å²) in [5.41, 5.74) is 1.44. The van der Waals surface area contributed by atoms with Gasteiger partial charge in [-0.25, -0.2) is 9.97 Å². The highest BCUT2D eigenvalue weighted by molar-refractivity contribution is 5.57. The molecule has 4 nitrogen and oxygen atoms in total. The van der Waals surface area contributed by atoms with Crippen LogP contribution < -0.4 is 10.6 Å². The van der Waals surface area contributed by atoms with Crippen molar-refractivity contribution in [1.82, 2.24) is 9.97 Å². The van der Waals surface area contributed by atoms with Crippen LogP contribution in [0.25, 0.3) is 0 Å². The molecule has 0 spiro atoms. The zero-order chi connectivity index (χ0) is 15.6. The van der Waals surface area contributed by atoms with E-state index < -0.39 is 0 Å². The second kappa shape index (κ2) is 6.20. The molecule has 1 fully saturated rings. The summed E-state index contributed by atoms with van der Waals surface area (Å²) in [6.07, 6.45) is 5.15. The van der Waals surface area contributed by atoms with Crippen LogP contribution in [0.2, 0.25) is 0 Å². The molecule has 0 amide bonds. The number of hydrogen-bond donors (Lipinski definition) is 2. The summed E-state index contributed by atoms with van der Waals surface area (Å²) in [4.78, 5) is 9.40. The molecule has 1 aliphatic carbocycles. The van der Waals surface area contributed by atoms with Gasteiger partial charge in [0, 0.05) is 24.6 Å². The van der Waals surface area contributed by atoms with Crippen LogP contribution in [0.15, 0.2) is 0 Å². The Kier molecular flexibility index (Phi) is 4.74. The average molecular weight is 290 g/mol. The molecule has 1 atom stereocenters. The van der Waals surface area contributed by atoms with Crippen LogP contribution in [0.3, 0.4) is 0 Å². The van der Waals surface area contributed by atoms with E-state index in [0.29, 0.717) is 17.4 Å². The predicted octanol–water partition coefficient (Wildman–Crippen LogP) is 4.33. The van der Waals surface area contributed by atoms with Crippen LogP contribution in [0.5, 0.6) is 0 Å². The maximum Gasteiger partial charge on any atom is 0.135 e. The molecule has 1 aromatic rings. The molecule has 2 N–H and O–H groups in total. The van der Waals surface area contributed by atoms with E-state index in [1.54, 1.807) is 0 Å². The molecule has 1 unspecified atom stereocenters. The molecule has 1 heterocycles. The summed E-state index contributed by atoms with van der Waals surface area (Å²) in [5, 5.41) is 6.92. The minimum atomic E-state index is 0.327. The largest absolute Gasteiger partial charge is 0.373 e. The first kappa shape index (κ1) is 16.1. The van der Waals surface area contributed by atoms with Crippen molar-refractivity contribution in [2.45, 2.75) is 72.3 Å². The molecule has 118 valence electrons. The summed E-state index contributed by atoms with van der Waals surface area (Å²) >= 11 is 0. The van der Waals surface area contributed by atoms with Crippen LogP contribution in [0.1, 0.15) is 70.7 Å². The van der Waals surface area contributed by atoms with Gasteiger partial charge in [-0.05, 0) is 25.2 Å². The van der Waals surface area contributed by atoms with Crippen molar-refractivity contribution in [1.29, 1.82) is 0 Å². The van der Waals surface area contributed by atoms with Gasteiger partial charge in [-0.15, -0.1) is 0 Å². The van der Waals surface area contributed by atoms with Gasteiger partial charge in [0.05, 0.1) is 0 Å². The van der Waals surface area contributed by atoms with Gasteiger partial charge in [0.15, 0.2) is 0 Å². The number of aromatic nitrogens is 2. The molecule has 1 aromatic heterocycles. The Balaban J connectivity index is 2.32. The van der Waals surface area contributed by atoms with E-state index in [9.17, 15) is 0 Å². The van der Waals surface area contributed by atoms with Gasteiger partial charge >= 0.3 is 0 Å². The minimum Gasteiger partial charge on any atom is -0.373 e. The maximum absolute atomic E-state index is 4.78. The lowest BCUT2D eigenvalue weighted by Gasteiger charge is -2.39. The summed E-state index contributed by atoms with van der Waals surface area (Å²) in [6, 6.07) is 0.490. The first-order chi connectivity index (χ1) is 9.85. The number of nitrogens with zero attached hydrogens (tertiary/aromatic N) is 2. The Morgan fingerprint density at radius 3 is 2.38 bits per heavy atom. The van der Waals surface area contributed by atoms with Crippen molar-refractivity contribution < 1.29 is 0 Å². The second-order valence-electron chi connectivity index (χ2n) is 7.24. The van der Waals surface area contributed by atoms with Crippen molar-refractivity contribution in [3.63, 3.8) is 0 Å². The average Bonchev–Trinajstić information content (AvgIpc) is 2.42. The lowest BCUT2D eigenvalue weighted by molar-refractivity contribution is 0.216. The van der Waals surface area contributed by atoms with Crippen molar-refractivity contribution in [2.75, 3.05) is 17.7 Å². The Labute approximate surface area is 129 Å². The second-order valence-corrected chi connectivity index (χ2v) is 7.24. The van der Waals surface area contributed by atoms with Crippen LogP contribution in [-0.2, 0) is 0 Å². The molecular formula is C17H30N4. The Bertz CT molecular complexity index is 494. The third kappa shape index (κ3) is 3.47. The summed E-state index contributed by atoms with van der Waals surface area (Å²) in [6.45, 7) is 11.1. The van der Waals surface area contributed by atoms with Gasteiger partial charge in [-0.1, -0.05) is 40.5 Å². The van der Waals surface area contributed by atoms with Crippen molar-refractivity contribution >= 4 is 11.6 Å². The monoisotopic (exact) mass is 290 g/mol. The third-order valence-corrected chi connectivity index (χ3v) is 4.73. The minimum absolute atomic E-state index is 0.327. The normalized spacial score (nSPS) is 21.4. The molecule has 1 saturated carbocycles. The fraction of sp³-hybridized carbons (Fsp3) is 0.765. The molecular weight excluding hydrogens is 260 g/mol. The quantitative estimate of drug-likeness (QED) is 0.866. The van der Waals surface area contributed by atoms with Crippen molar-refractivity contribution in [3.05, 3.63) is 11.4 Å². The molecule has 0 radical (unpaired) electrons. The van der Waals surface area contributed by atoms with E-state index in [1.807, 2.05) is 7.05 Å². The van der Waals surface area contributed by atoms with Gasteiger partial charge in [0.1, 0.15) is 17.5 Å². The van der Waals surface area contributed by atoms with E-state index in [4.69, 9.17) is 4.98 Å². The van der Waals surface area contributed by atoms with E-state index in [-0.39, 0.29) is 0 Å². The summed E-state index contributed by atoms with van der Waals surface area (Å²) in [7, 11) is 1.92. The Morgan fingerprint density at radius 2 is 1.81 bits per heavy atom. The van der Waals surface area contributed by atoms with Crippen LogP contribution >= 0.6 is 0 Å². The molecule has 1 aliphatic rings. The van der Waals surface area contributed by atoms with Gasteiger partial charge in [0.2, 0.25) is 0 Å². The first-order valence-corrected chi connectivity index (χ1v) is 8.18. The van der Waals surface area contributed by atoms with Crippen LogP contribution in [0.4, 0.5) is 11.6 Å². The van der Waals surface area contributed by atoms with Gasteiger partial charge in [0.25, 0.3) is 0 Å². The molecule has 0 bridgehead atoms. The SMILES string of the molecule is CNc1nc(C(C)C)nc(NC2CCCCC2(C)C)c1C. The summed E-state index contributed by atoms with van der Waals surface area (Å²) in [5.74, 6) is 3.17. The lowest BCUT2D eigenvalue weighted by atomic mass is 9.73. The third-order valence-electron chi connectivity index (χ3n) is 4.73. The highest BCUT2D eigenvalue weighted by Crippen LogP contribution is 2.38. The van der Waals surface area contributed by atoms with Crippen LogP contribution in [-0.4, -0.2) is 23.1 Å². The van der Waals surface area contributed by atoms with E-state index in [0.717, 1.165) is 23.0 Å². The number of anilines is 2. The van der Waals surface area contributed by atoms with Gasteiger partial charge in [-0.2, -0.15) is 0 Å². The molecule has 0 saturated heterocycles. The van der Waals surface area contributed by atoms with Gasteiger partial charge in [-0.3, -0.25) is 0 Å². The van der Waals surface area contributed by atoms with Crippen molar-refractivity contribution in [3.8, 4) is 0 Å². The van der Waals surface area contributed by atoms with Crippen molar-refractivity contribution in [2.24, 2.45) is 5.41 Å². The van der Waals surface area contributed by atoms with Crippen LogP contribution in [0, 0.1) is 12.3 Å². The highest BCUT2D eigenvalue weighted by atomic mass is 15.1. The Morgan fingerprint density at radius 1 is 1.14 bits per heavy atom. The standard InChI is InChI=1S/C17H30N4/c1-11(2)14-20-15(18-6)12(3)16(21-14)19-13-9-7-8-10-17(13,4)5/h11,13H,7-10H2,1-6H3,(H2,18,19,20,21). The lowest BCUT2D eigenvalue weighted by Crippen LogP contribution is -2.39.